The van der Waals surface area contributed by atoms with Crippen LogP contribution >= 0.6 is 0 Å². The topological polar surface area (TPSA) is 12.9 Å². The van der Waals surface area contributed by atoms with Gasteiger partial charge in [0.15, 0.2) is 0 Å². The van der Waals surface area contributed by atoms with Crippen molar-refractivity contribution < 1.29 is 0 Å². The summed E-state index contributed by atoms with van der Waals surface area (Å²) in [6, 6.07) is 37.7. The molecule has 1 aromatic heterocycles. The second-order valence-corrected chi connectivity index (χ2v) is 10.1. The molecule has 0 fully saturated rings. The Morgan fingerprint density at radius 3 is 1.92 bits per heavy atom. The molecule has 176 valence electrons. The summed E-state index contributed by atoms with van der Waals surface area (Å²) in [5.74, 6) is 0.491. The fourth-order valence-corrected chi connectivity index (χ4v) is 5.95. The van der Waals surface area contributed by atoms with Gasteiger partial charge in [-0.05, 0) is 115 Å². The minimum absolute atomic E-state index is 0.491. The van der Waals surface area contributed by atoms with Crippen molar-refractivity contribution in [3.63, 3.8) is 0 Å². The summed E-state index contributed by atoms with van der Waals surface area (Å²) in [6.07, 6.45) is 9.49. The predicted molar refractivity (Wildman–Crippen MR) is 158 cm³/mol. The Hall–Kier alpha value is -4.49. The second kappa shape index (κ2) is 8.87. The van der Waals surface area contributed by atoms with Gasteiger partial charge in [-0.3, -0.25) is 4.98 Å². The van der Waals surface area contributed by atoms with Crippen LogP contribution in [0.3, 0.4) is 0 Å². The van der Waals surface area contributed by atoms with Crippen LogP contribution in [0.15, 0.2) is 122 Å². The van der Waals surface area contributed by atoms with E-state index in [0.717, 1.165) is 6.42 Å². The van der Waals surface area contributed by atoms with Gasteiger partial charge in [-0.1, -0.05) is 85.8 Å². The number of allylic oxidation sites excluding steroid dienone is 1. The molecule has 0 saturated heterocycles. The van der Waals surface area contributed by atoms with E-state index in [4.69, 9.17) is 0 Å². The van der Waals surface area contributed by atoms with Crippen LogP contribution in [0.2, 0.25) is 0 Å². The van der Waals surface area contributed by atoms with E-state index in [0.29, 0.717) is 5.92 Å². The molecule has 1 nitrogen and oxygen atoms in total. The fourth-order valence-electron chi connectivity index (χ4n) is 5.95. The molecule has 0 saturated carbocycles. The molecule has 5 aromatic carbocycles. The SMILES string of the molecule is CC1CC=Cc2c1c1cc(-c3cc(-c4ccccc4)cc(-c4ccncc4)c3)ccc1c1ccccc21. The summed E-state index contributed by atoms with van der Waals surface area (Å²) in [7, 11) is 0. The molecule has 7 rings (SSSR count). The third kappa shape index (κ3) is 3.75. The third-order valence-corrected chi connectivity index (χ3v) is 7.76. The first-order valence-corrected chi connectivity index (χ1v) is 13.0. The van der Waals surface area contributed by atoms with Crippen LogP contribution in [-0.4, -0.2) is 4.98 Å². The van der Waals surface area contributed by atoms with Crippen molar-refractivity contribution in [3.8, 4) is 33.4 Å². The Morgan fingerprint density at radius 1 is 0.541 bits per heavy atom. The maximum atomic E-state index is 4.23. The summed E-state index contributed by atoms with van der Waals surface area (Å²) in [6.45, 7) is 2.36. The lowest BCUT2D eigenvalue weighted by Crippen LogP contribution is -2.02. The molecule has 0 spiro atoms. The molecule has 0 bridgehead atoms. The molecule has 1 aliphatic carbocycles. The van der Waals surface area contributed by atoms with Crippen molar-refractivity contribution in [3.05, 3.63) is 133 Å². The van der Waals surface area contributed by atoms with Crippen LogP contribution < -0.4 is 0 Å². The van der Waals surface area contributed by atoms with Crippen LogP contribution in [-0.2, 0) is 0 Å². The highest BCUT2D eigenvalue weighted by molar-refractivity contribution is 6.14. The van der Waals surface area contributed by atoms with Crippen LogP contribution in [0.4, 0.5) is 0 Å². The minimum atomic E-state index is 0.491. The average molecular weight is 474 g/mol. The smallest absolute Gasteiger partial charge is 0.0273 e. The Balaban J connectivity index is 1.50. The first kappa shape index (κ1) is 21.8. The van der Waals surface area contributed by atoms with E-state index in [-0.39, 0.29) is 0 Å². The highest BCUT2D eigenvalue weighted by Crippen LogP contribution is 2.43. The van der Waals surface area contributed by atoms with Gasteiger partial charge in [0.05, 0.1) is 0 Å². The highest BCUT2D eigenvalue weighted by Gasteiger charge is 2.20. The standard InChI is InChI=1S/C36H27N/c1-24-8-7-13-34-32-12-6-5-11-31(32)33-15-14-27(23-35(33)36(24)34)30-21-28(25-9-3-2-4-10-25)20-29(22-30)26-16-18-37-19-17-26/h2-7,9-24H,8H2,1H3. The minimum Gasteiger partial charge on any atom is -0.265 e. The number of aromatic nitrogens is 1. The third-order valence-electron chi connectivity index (χ3n) is 7.76. The maximum Gasteiger partial charge on any atom is 0.0273 e. The molecule has 0 aliphatic heterocycles. The van der Waals surface area contributed by atoms with E-state index in [1.54, 1.807) is 0 Å². The lowest BCUT2D eigenvalue weighted by molar-refractivity contribution is 0.781. The first-order chi connectivity index (χ1) is 18.3. The van der Waals surface area contributed by atoms with Crippen LogP contribution in [0.1, 0.15) is 30.4 Å². The molecule has 1 heterocycles. The molecule has 1 atom stereocenters. The molecule has 1 unspecified atom stereocenters. The van der Waals surface area contributed by atoms with Crippen molar-refractivity contribution in [1.82, 2.24) is 4.98 Å². The molecule has 0 amide bonds. The lowest BCUT2D eigenvalue weighted by atomic mass is 9.80. The van der Waals surface area contributed by atoms with E-state index in [9.17, 15) is 0 Å². The van der Waals surface area contributed by atoms with Crippen molar-refractivity contribution in [2.45, 2.75) is 19.3 Å². The van der Waals surface area contributed by atoms with Gasteiger partial charge in [0.1, 0.15) is 0 Å². The van der Waals surface area contributed by atoms with Gasteiger partial charge in [0, 0.05) is 12.4 Å². The number of fused-ring (bicyclic) bond motifs is 6. The molecule has 37 heavy (non-hydrogen) atoms. The summed E-state index contributed by atoms with van der Waals surface area (Å²) in [4.78, 5) is 4.23. The maximum absolute atomic E-state index is 4.23. The Bertz CT molecular complexity index is 1740. The molecule has 1 heteroatoms. The van der Waals surface area contributed by atoms with E-state index < -0.39 is 0 Å². The number of rotatable bonds is 3. The van der Waals surface area contributed by atoms with E-state index in [1.807, 2.05) is 12.4 Å². The largest absolute Gasteiger partial charge is 0.265 e. The molecule has 0 radical (unpaired) electrons. The van der Waals surface area contributed by atoms with E-state index in [1.165, 1.54) is 66.1 Å². The van der Waals surface area contributed by atoms with Crippen molar-refractivity contribution in [1.29, 1.82) is 0 Å². The van der Waals surface area contributed by atoms with Crippen molar-refractivity contribution in [2.24, 2.45) is 0 Å². The number of hydrogen-bond acceptors (Lipinski definition) is 1. The Morgan fingerprint density at radius 2 is 1.16 bits per heavy atom. The summed E-state index contributed by atoms with van der Waals surface area (Å²) in [5.41, 5.74) is 10.2. The highest BCUT2D eigenvalue weighted by atomic mass is 14.6. The second-order valence-electron chi connectivity index (χ2n) is 10.1. The summed E-state index contributed by atoms with van der Waals surface area (Å²) < 4.78 is 0. The summed E-state index contributed by atoms with van der Waals surface area (Å²) in [5, 5.41) is 5.40. The van der Waals surface area contributed by atoms with Gasteiger partial charge < -0.3 is 0 Å². The quantitative estimate of drug-likeness (QED) is 0.233. The van der Waals surface area contributed by atoms with Gasteiger partial charge in [0.2, 0.25) is 0 Å². The van der Waals surface area contributed by atoms with Crippen LogP contribution in [0.25, 0.3) is 61.0 Å². The van der Waals surface area contributed by atoms with Crippen molar-refractivity contribution >= 4 is 27.6 Å². The number of pyridine rings is 1. The van der Waals surface area contributed by atoms with Gasteiger partial charge in [-0.25, -0.2) is 0 Å². The Kier molecular flexibility index (Phi) is 5.22. The first-order valence-electron chi connectivity index (χ1n) is 13.0. The zero-order valence-corrected chi connectivity index (χ0v) is 20.9. The van der Waals surface area contributed by atoms with Gasteiger partial charge >= 0.3 is 0 Å². The molecule has 0 N–H and O–H groups in total. The van der Waals surface area contributed by atoms with Crippen LogP contribution in [0, 0.1) is 0 Å². The monoisotopic (exact) mass is 473 g/mol. The number of hydrogen-bond donors (Lipinski definition) is 0. The number of benzene rings is 5. The molecule has 6 aromatic rings. The van der Waals surface area contributed by atoms with Crippen molar-refractivity contribution in [2.75, 3.05) is 0 Å². The zero-order chi connectivity index (χ0) is 24.8. The van der Waals surface area contributed by atoms with Gasteiger partial charge in [-0.15, -0.1) is 0 Å². The summed E-state index contributed by atoms with van der Waals surface area (Å²) >= 11 is 0. The number of nitrogens with zero attached hydrogens (tertiary/aromatic N) is 1. The normalized spacial score (nSPS) is 14.7. The van der Waals surface area contributed by atoms with Gasteiger partial charge in [-0.2, -0.15) is 0 Å². The predicted octanol–water partition coefficient (Wildman–Crippen LogP) is 9.91. The van der Waals surface area contributed by atoms with E-state index in [2.05, 4.69) is 127 Å². The average Bonchev–Trinajstić information content (AvgIpc) is 2.98. The fraction of sp³-hybridized carbons (Fsp3) is 0.0833. The molecular weight excluding hydrogens is 446 g/mol. The van der Waals surface area contributed by atoms with Gasteiger partial charge in [0.25, 0.3) is 0 Å². The molecular formula is C36H27N. The molecule has 1 aliphatic rings. The van der Waals surface area contributed by atoms with E-state index >= 15 is 0 Å². The zero-order valence-electron chi connectivity index (χ0n) is 20.9. The van der Waals surface area contributed by atoms with Crippen LogP contribution in [0.5, 0.6) is 0 Å². The Labute approximate surface area is 217 Å². The lowest BCUT2D eigenvalue weighted by Gasteiger charge is -2.23.